The molecule has 0 aliphatic rings. The molecule has 0 saturated heterocycles. The number of nitriles is 1. The van der Waals surface area contributed by atoms with Crippen LogP contribution >= 0.6 is 0 Å². The molecule has 0 spiro atoms. The molecule has 1 amide bonds. The van der Waals surface area contributed by atoms with Gasteiger partial charge in [0.1, 0.15) is 12.2 Å². The zero-order valence-electron chi connectivity index (χ0n) is 18.9. The van der Waals surface area contributed by atoms with Crippen LogP contribution in [-0.2, 0) is 0 Å². The normalized spacial score (nSPS) is 12.2. The van der Waals surface area contributed by atoms with Gasteiger partial charge >= 0.3 is 0 Å². The van der Waals surface area contributed by atoms with Crippen LogP contribution in [0.2, 0.25) is 0 Å². The molecule has 4 heterocycles. The van der Waals surface area contributed by atoms with Crippen molar-refractivity contribution in [3.63, 3.8) is 0 Å². The maximum atomic E-state index is 14.2. The Balaban J connectivity index is 1.71. The summed E-state index contributed by atoms with van der Waals surface area (Å²) in [5, 5.41) is 38.2. The van der Waals surface area contributed by atoms with Crippen LogP contribution in [0, 0.1) is 11.3 Å². The van der Waals surface area contributed by atoms with Crippen LogP contribution in [0.5, 0.6) is 5.88 Å². The van der Waals surface area contributed by atoms with Gasteiger partial charge in [0, 0.05) is 12.3 Å². The lowest BCUT2D eigenvalue weighted by molar-refractivity contribution is -0.00177. The van der Waals surface area contributed by atoms with Crippen molar-refractivity contribution in [3.8, 4) is 23.3 Å². The maximum absolute atomic E-state index is 14.2. The van der Waals surface area contributed by atoms with Gasteiger partial charge in [0.25, 0.3) is 5.91 Å². The summed E-state index contributed by atoms with van der Waals surface area (Å²) in [6.45, 7) is 2.25. The monoisotopic (exact) mass is 475 g/mol. The number of rotatable bonds is 7. The average Bonchev–Trinajstić information content (AvgIpc) is 3.26. The average molecular weight is 475 g/mol. The minimum absolute atomic E-state index is 0.130. The van der Waals surface area contributed by atoms with E-state index in [0.717, 1.165) is 0 Å². The third-order valence-corrected chi connectivity index (χ3v) is 5.28. The molecule has 4 N–H and O–H groups in total. The van der Waals surface area contributed by atoms with Gasteiger partial charge < -0.3 is 20.8 Å². The zero-order valence-corrected chi connectivity index (χ0v) is 18.9. The van der Waals surface area contributed by atoms with Gasteiger partial charge in [-0.2, -0.15) is 10.4 Å². The molecule has 0 radical (unpaired) electrons. The van der Waals surface area contributed by atoms with E-state index in [9.17, 15) is 19.4 Å². The van der Waals surface area contributed by atoms with Crippen LogP contribution in [0.4, 0.5) is 15.8 Å². The van der Waals surface area contributed by atoms with E-state index in [1.807, 2.05) is 6.07 Å². The van der Waals surface area contributed by atoms with Crippen molar-refractivity contribution in [2.45, 2.75) is 25.6 Å². The summed E-state index contributed by atoms with van der Waals surface area (Å²) in [5.74, 6) is -0.756. The molecule has 0 fully saturated rings. The van der Waals surface area contributed by atoms with Crippen LogP contribution in [0.1, 0.15) is 29.8 Å². The number of hydrogen-bond acceptors (Lipinski definition) is 8. The van der Waals surface area contributed by atoms with E-state index in [1.54, 1.807) is 34.8 Å². The molecule has 35 heavy (non-hydrogen) atoms. The minimum Gasteiger partial charge on any atom is -0.493 e. The highest BCUT2D eigenvalue weighted by atomic mass is 19.1. The lowest BCUT2D eigenvalue weighted by Crippen LogP contribution is -2.42. The van der Waals surface area contributed by atoms with Crippen molar-refractivity contribution >= 4 is 22.8 Å². The highest BCUT2D eigenvalue weighted by Crippen LogP contribution is 2.28. The molecular formula is C24H22FN7O3. The number of pyridine rings is 2. The van der Waals surface area contributed by atoms with Crippen LogP contribution < -0.4 is 10.6 Å². The second kappa shape index (κ2) is 9.36. The predicted molar refractivity (Wildman–Crippen MR) is 126 cm³/mol. The van der Waals surface area contributed by atoms with E-state index in [0.29, 0.717) is 33.8 Å². The fraction of sp³-hybridized carbons (Fsp3) is 0.208. The Kier molecular flexibility index (Phi) is 6.31. The first-order chi connectivity index (χ1) is 16.7. The van der Waals surface area contributed by atoms with Crippen LogP contribution in [0.25, 0.3) is 16.9 Å². The molecule has 10 nitrogen and oxygen atoms in total. The Bertz CT molecular complexity index is 1420. The molecule has 11 heteroatoms. The third kappa shape index (κ3) is 5.18. The number of hydrogen-bond donors (Lipinski definition) is 4. The molecule has 0 aliphatic heterocycles. The van der Waals surface area contributed by atoms with E-state index < -0.39 is 24.2 Å². The highest BCUT2D eigenvalue weighted by Gasteiger charge is 2.27. The fourth-order valence-corrected chi connectivity index (χ4v) is 3.28. The summed E-state index contributed by atoms with van der Waals surface area (Å²) in [6.07, 6.45) is 2.50. The van der Waals surface area contributed by atoms with Gasteiger partial charge in [0.15, 0.2) is 0 Å². The predicted octanol–water partition coefficient (Wildman–Crippen LogP) is 2.95. The smallest absolute Gasteiger partial charge is 0.255 e. The topological polar surface area (TPSA) is 148 Å². The highest BCUT2D eigenvalue weighted by molar-refractivity contribution is 6.00. The first-order valence-electron chi connectivity index (χ1n) is 10.6. The second-order valence-electron chi connectivity index (χ2n) is 8.39. The first kappa shape index (κ1) is 23.6. The number of alkyl halides is 1. The largest absolute Gasteiger partial charge is 0.493 e. The number of aromatic hydroxyl groups is 1. The van der Waals surface area contributed by atoms with Crippen molar-refractivity contribution in [1.29, 1.82) is 5.26 Å². The number of anilines is 2. The minimum atomic E-state index is -1.67. The zero-order chi connectivity index (χ0) is 25.2. The fourth-order valence-electron chi connectivity index (χ4n) is 3.28. The molecule has 0 aromatic carbocycles. The number of aromatic nitrogens is 4. The van der Waals surface area contributed by atoms with Crippen molar-refractivity contribution < 1.29 is 19.4 Å². The molecular weight excluding hydrogens is 453 g/mol. The standard InChI is InChI=1S/C24H22FN7O3/c1-24(2,35)21(25)13-29-23(34)17-12-27-19(8-18(17)31-15-3-6-22(33)28-11-15)20-5-4-16-7-14(9-26)10-30-32(16)20/h3-8,10-12,21,35H,13H2,1-2H3,(H,27,31)(H,28,33)(H,29,34). The van der Waals surface area contributed by atoms with Crippen molar-refractivity contribution in [2.75, 3.05) is 11.9 Å². The number of carbonyl (C=O) groups is 1. The van der Waals surface area contributed by atoms with E-state index in [1.165, 1.54) is 38.5 Å². The lowest BCUT2D eigenvalue weighted by Gasteiger charge is -2.22. The van der Waals surface area contributed by atoms with Crippen LogP contribution in [0.15, 0.2) is 55.0 Å². The van der Waals surface area contributed by atoms with Crippen molar-refractivity contribution in [3.05, 3.63) is 66.1 Å². The van der Waals surface area contributed by atoms with Crippen LogP contribution in [-0.4, -0.2) is 54.0 Å². The molecule has 178 valence electrons. The molecule has 0 saturated carbocycles. The van der Waals surface area contributed by atoms with Crippen molar-refractivity contribution in [1.82, 2.24) is 24.9 Å². The molecule has 4 aromatic heterocycles. The molecule has 0 aliphatic carbocycles. The molecule has 1 unspecified atom stereocenters. The summed E-state index contributed by atoms with van der Waals surface area (Å²) in [7, 11) is 0. The molecule has 4 aromatic rings. The first-order valence-corrected chi connectivity index (χ1v) is 10.6. The van der Waals surface area contributed by atoms with E-state index in [2.05, 4.69) is 25.7 Å². The molecule has 1 atom stereocenters. The molecule has 4 rings (SSSR count). The maximum Gasteiger partial charge on any atom is 0.255 e. The SMILES string of the molecule is CC(C)(O)C(F)CNC(=O)c1cnc(-c2ccc3cc(C#N)cnn23)cc1Nc1ccc(O)nc1. The van der Waals surface area contributed by atoms with Gasteiger partial charge in [-0.25, -0.2) is 13.9 Å². The van der Waals surface area contributed by atoms with Gasteiger partial charge in [0.05, 0.1) is 63.9 Å². The Hall–Kier alpha value is -4.56. The van der Waals surface area contributed by atoms with Gasteiger partial charge in [-0.15, -0.1) is 0 Å². The van der Waals surface area contributed by atoms with Gasteiger partial charge in [-0.05, 0) is 44.2 Å². The van der Waals surface area contributed by atoms with Crippen molar-refractivity contribution in [2.24, 2.45) is 0 Å². The molecule has 0 bridgehead atoms. The van der Waals surface area contributed by atoms with Gasteiger partial charge in [-0.3, -0.25) is 9.78 Å². The van der Waals surface area contributed by atoms with Gasteiger partial charge in [0.2, 0.25) is 5.88 Å². The Morgan fingerprint density at radius 2 is 2.00 bits per heavy atom. The van der Waals surface area contributed by atoms with Crippen LogP contribution in [0.3, 0.4) is 0 Å². The number of halogens is 1. The Morgan fingerprint density at radius 1 is 1.20 bits per heavy atom. The summed E-state index contributed by atoms with van der Waals surface area (Å²) in [6, 6.07) is 11.9. The van der Waals surface area contributed by atoms with E-state index >= 15 is 0 Å². The number of nitrogens with zero attached hydrogens (tertiary/aromatic N) is 5. The number of fused-ring (bicyclic) bond motifs is 1. The summed E-state index contributed by atoms with van der Waals surface area (Å²) in [4.78, 5) is 21.1. The Morgan fingerprint density at radius 3 is 2.69 bits per heavy atom. The van der Waals surface area contributed by atoms with E-state index in [-0.39, 0.29) is 11.4 Å². The summed E-state index contributed by atoms with van der Waals surface area (Å²) >= 11 is 0. The lowest BCUT2D eigenvalue weighted by atomic mass is 10.0. The Labute approximate surface area is 199 Å². The summed E-state index contributed by atoms with van der Waals surface area (Å²) in [5.41, 5.74) is 1.57. The van der Waals surface area contributed by atoms with Gasteiger partial charge in [-0.1, -0.05) is 0 Å². The number of nitrogens with one attached hydrogen (secondary N) is 2. The summed E-state index contributed by atoms with van der Waals surface area (Å²) < 4.78 is 15.8. The quantitative estimate of drug-likeness (QED) is 0.319. The number of aliphatic hydroxyl groups is 1. The number of carbonyl (C=O) groups excluding carboxylic acids is 1. The van der Waals surface area contributed by atoms with E-state index in [4.69, 9.17) is 5.26 Å². The second-order valence-corrected chi connectivity index (χ2v) is 8.39. The third-order valence-electron chi connectivity index (χ3n) is 5.28. The number of amides is 1.